The van der Waals surface area contributed by atoms with Gasteiger partial charge in [0.1, 0.15) is 0 Å². The summed E-state index contributed by atoms with van der Waals surface area (Å²) in [4.78, 5) is 18.5. The summed E-state index contributed by atoms with van der Waals surface area (Å²) in [6.07, 6.45) is 2.07. The number of carbonyl (C=O) groups is 1. The zero-order valence-electron chi connectivity index (χ0n) is 14.2. The van der Waals surface area contributed by atoms with Crippen LogP contribution in [0.25, 0.3) is 0 Å². The third kappa shape index (κ3) is 3.60. The third-order valence-electron chi connectivity index (χ3n) is 4.32. The van der Waals surface area contributed by atoms with Crippen LogP contribution in [0.4, 0.5) is 10.8 Å². The fourth-order valence-corrected chi connectivity index (χ4v) is 5.34. The molecular formula is C18H13Cl2N3O3S2. The Morgan fingerprint density at radius 1 is 1.18 bits per heavy atom. The Morgan fingerprint density at radius 2 is 2.00 bits per heavy atom. The van der Waals surface area contributed by atoms with E-state index in [4.69, 9.17) is 23.2 Å². The van der Waals surface area contributed by atoms with Crippen molar-refractivity contribution < 1.29 is 13.2 Å². The maximum atomic E-state index is 12.9. The number of carbonyl (C=O) groups excluding carboxylic acids is 1. The van der Waals surface area contributed by atoms with Crippen LogP contribution in [0.2, 0.25) is 10.0 Å². The molecule has 144 valence electrons. The number of hydrogen-bond acceptors (Lipinski definition) is 5. The lowest BCUT2D eigenvalue weighted by Crippen LogP contribution is -2.29. The van der Waals surface area contributed by atoms with Crippen molar-refractivity contribution in [1.82, 2.24) is 4.98 Å². The fourth-order valence-electron chi connectivity index (χ4n) is 3.01. The van der Waals surface area contributed by atoms with Gasteiger partial charge in [-0.15, -0.1) is 11.3 Å². The largest absolute Gasteiger partial charge is 0.308 e. The van der Waals surface area contributed by atoms with Crippen molar-refractivity contribution in [2.24, 2.45) is 0 Å². The van der Waals surface area contributed by atoms with E-state index >= 15 is 0 Å². The SMILES string of the molecule is O=C(c1ccc(Cl)cc1Cl)N1CCc2cc(S(=O)(=O)Nc3nccs3)ccc21. The van der Waals surface area contributed by atoms with Gasteiger partial charge < -0.3 is 4.90 Å². The Morgan fingerprint density at radius 3 is 2.71 bits per heavy atom. The topological polar surface area (TPSA) is 79.4 Å². The zero-order valence-corrected chi connectivity index (χ0v) is 17.4. The summed E-state index contributed by atoms with van der Waals surface area (Å²) >= 11 is 13.3. The molecule has 0 saturated heterocycles. The van der Waals surface area contributed by atoms with E-state index in [1.165, 1.54) is 29.7 Å². The maximum Gasteiger partial charge on any atom is 0.263 e. The normalized spacial score (nSPS) is 13.4. The second kappa shape index (κ2) is 7.36. The number of aromatic nitrogens is 1. The Labute approximate surface area is 175 Å². The Balaban J connectivity index is 1.62. The number of amides is 1. The van der Waals surface area contributed by atoms with Gasteiger partial charge in [0, 0.05) is 28.8 Å². The van der Waals surface area contributed by atoms with Crippen LogP contribution in [0, 0.1) is 0 Å². The molecule has 0 bridgehead atoms. The average molecular weight is 454 g/mol. The number of halogens is 2. The zero-order chi connectivity index (χ0) is 19.9. The van der Waals surface area contributed by atoms with E-state index in [-0.39, 0.29) is 15.8 Å². The summed E-state index contributed by atoms with van der Waals surface area (Å²) in [6.45, 7) is 0.441. The maximum absolute atomic E-state index is 12.9. The molecule has 10 heteroatoms. The fraction of sp³-hybridized carbons (Fsp3) is 0.111. The van der Waals surface area contributed by atoms with Gasteiger partial charge in [0.2, 0.25) is 0 Å². The molecule has 6 nitrogen and oxygen atoms in total. The third-order valence-corrected chi connectivity index (χ3v) is 7.02. The molecule has 3 aromatic rings. The number of thiazole rings is 1. The van der Waals surface area contributed by atoms with Gasteiger partial charge in [0.25, 0.3) is 15.9 Å². The van der Waals surface area contributed by atoms with Crippen LogP contribution in [0.3, 0.4) is 0 Å². The average Bonchev–Trinajstić information content (AvgIpc) is 3.29. The molecule has 2 aromatic carbocycles. The lowest BCUT2D eigenvalue weighted by molar-refractivity contribution is 0.0989. The summed E-state index contributed by atoms with van der Waals surface area (Å²) < 4.78 is 27.6. The molecule has 0 spiro atoms. The molecule has 0 aliphatic carbocycles. The van der Waals surface area contributed by atoms with Crippen molar-refractivity contribution in [2.45, 2.75) is 11.3 Å². The van der Waals surface area contributed by atoms with Gasteiger partial charge in [-0.2, -0.15) is 0 Å². The number of nitrogens with zero attached hydrogens (tertiary/aromatic N) is 2. The Kier molecular flexibility index (Phi) is 5.05. The van der Waals surface area contributed by atoms with E-state index < -0.39 is 10.0 Å². The smallest absolute Gasteiger partial charge is 0.263 e. The second-order valence-electron chi connectivity index (χ2n) is 6.06. The quantitative estimate of drug-likeness (QED) is 0.632. The van der Waals surface area contributed by atoms with Crippen molar-refractivity contribution >= 4 is 61.3 Å². The molecule has 0 fully saturated rings. The molecule has 2 heterocycles. The van der Waals surface area contributed by atoms with Crippen LogP contribution < -0.4 is 9.62 Å². The Hall–Kier alpha value is -2.13. The van der Waals surface area contributed by atoms with Gasteiger partial charge in [0.15, 0.2) is 5.13 Å². The van der Waals surface area contributed by atoms with Crippen LogP contribution in [-0.2, 0) is 16.4 Å². The highest BCUT2D eigenvalue weighted by Crippen LogP contribution is 2.33. The van der Waals surface area contributed by atoms with Crippen LogP contribution in [-0.4, -0.2) is 25.9 Å². The Bertz CT molecular complexity index is 1160. The van der Waals surface area contributed by atoms with Crippen LogP contribution in [0.15, 0.2) is 52.9 Å². The number of nitrogens with one attached hydrogen (secondary N) is 1. The van der Waals surface area contributed by atoms with Crippen molar-refractivity contribution in [3.8, 4) is 0 Å². The van der Waals surface area contributed by atoms with Crippen LogP contribution >= 0.6 is 34.5 Å². The van der Waals surface area contributed by atoms with Gasteiger partial charge in [0.05, 0.1) is 15.5 Å². The van der Waals surface area contributed by atoms with E-state index in [0.717, 1.165) is 5.56 Å². The first-order valence-electron chi connectivity index (χ1n) is 8.17. The van der Waals surface area contributed by atoms with E-state index in [9.17, 15) is 13.2 Å². The van der Waals surface area contributed by atoms with E-state index in [0.29, 0.717) is 34.4 Å². The van der Waals surface area contributed by atoms with Gasteiger partial charge in [-0.05, 0) is 48.4 Å². The van der Waals surface area contributed by atoms with Gasteiger partial charge in [-0.25, -0.2) is 13.4 Å². The van der Waals surface area contributed by atoms with Crippen molar-refractivity contribution in [2.75, 3.05) is 16.2 Å². The highest BCUT2D eigenvalue weighted by molar-refractivity contribution is 7.93. The minimum absolute atomic E-state index is 0.125. The first kappa shape index (κ1) is 19.2. The molecule has 1 amide bonds. The van der Waals surface area contributed by atoms with Crippen LogP contribution in [0.5, 0.6) is 0 Å². The molecule has 1 aliphatic heterocycles. The lowest BCUT2D eigenvalue weighted by Gasteiger charge is -2.18. The van der Waals surface area contributed by atoms with Crippen molar-refractivity contribution in [1.29, 1.82) is 0 Å². The van der Waals surface area contributed by atoms with Crippen molar-refractivity contribution in [3.05, 3.63) is 69.1 Å². The summed E-state index contributed by atoms with van der Waals surface area (Å²) in [5.74, 6) is -0.253. The van der Waals surface area contributed by atoms with Crippen LogP contribution in [0.1, 0.15) is 15.9 Å². The molecular weight excluding hydrogens is 441 g/mol. The molecule has 0 saturated carbocycles. The minimum atomic E-state index is -3.75. The summed E-state index contributed by atoms with van der Waals surface area (Å²) in [5, 5.41) is 2.71. The van der Waals surface area contributed by atoms with Gasteiger partial charge in [-0.1, -0.05) is 23.2 Å². The molecule has 1 aromatic heterocycles. The molecule has 4 rings (SSSR count). The van der Waals surface area contributed by atoms with Gasteiger partial charge in [-0.3, -0.25) is 9.52 Å². The number of fused-ring (bicyclic) bond motifs is 1. The monoisotopic (exact) mass is 453 g/mol. The summed E-state index contributed by atoms with van der Waals surface area (Å²) in [6, 6.07) is 9.42. The van der Waals surface area contributed by atoms with Crippen molar-refractivity contribution in [3.63, 3.8) is 0 Å². The van der Waals surface area contributed by atoms with Gasteiger partial charge >= 0.3 is 0 Å². The predicted octanol–water partition coefficient (Wildman–Crippen LogP) is 4.45. The first-order valence-corrected chi connectivity index (χ1v) is 11.3. The molecule has 0 radical (unpaired) electrons. The van der Waals surface area contributed by atoms with E-state index in [1.54, 1.807) is 34.5 Å². The number of benzene rings is 2. The van der Waals surface area contributed by atoms with E-state index in [1.807, 2.05) is 0 Å². The first-order chi connectivity index (χ1) is 13.3. The predicted molar refractivity (Wildman–Crippen MR) is 111 cm³/mol. The molecule has 1 aliphatic rings. The summed E-state index contributed by atoms with van der Waals surface area (Å²) in [5.41, 5.74) is 1.80. The lowest BCUT2D eigenvalue weighted by atomic mass is 10.1. The number of sulfonamides is 1. The molecule has 0 unspecified atom stereocenters. The molecule has 0 atom stereocenters. The number of rotatable bonds is 4. The standard InChI is InChI=1S/C18H13Cl2N3O3S2/c19-12-1-3-14(15(20)10-12)17(24)23-7-5-11-9-13(2-4-16(11)23)28(25,26)22-18-21-6-8-27-18/h1-4,6,8-10H,5,7H2,(H,21,22). The highest BCUT2D eigenvalue weighted by Gasteiger charge is 2.28. The second-order valence-corrected chi connectivity index (χ2v) is 9.48. The number of anilines is 2. The minimum Gasteiger partial charge on any atom is -0.308 e. The molecule has 1 N–H and O–H groups in total. The van der Waals surface area contributed by atoms with E-state index in [2.05, 4.69) is 9.71 Å². The molecule has 28 heavy (non-hydrogen) atoms. The number of hydrogen-bond donors (Lipinski definition) is 1. The highest BCUT2D eigenvalue weighted by atomic mass is 35.5. The summed E-state index contributed by atoms with van der Waals surface area (Å²) in [7, 11) is -3.75.